The van der Waals surface area contributed by atoms with Crippen molar-refractivity contribution < 1.29 is 14.3 Å². The van der Waals surface area contributed by atoms with E-state index in [1.807, 2.05) is 59.5 Å². The number of fused-ring (bicyclic) bond motifs is 1. The second-order valence-electron chi connectivity index (χ2n) is 9.93. The first-order valence-electron chi connectivity index (χ1n) is 13.4. The topological polar surface area (TPSA) is 72.8 Å². The van der Waals surface area contributed by atoms with Crippen LogP contribution in [0.15, 0.2) is 71.5 Å². The van der Waals surface area contributed by atoms with Gasteiger partial charge >= 0.3 is 0 Å². The minimum Gasteiger partial charge on any atom is -0.354 e. The Balaban J connectivity index is 1.39. The Labute approximate surface area is 235 Å². The third-order valence-electron chi connectivity index (χ3n) is 7.29. The number of ether oxygens (including phenoxy) is 2. The highest BCUT2D eigenvalue weighted by Crippen LogP contribution is 2.40. The summed E-state index contributed by atoms with van der Waals surface area (Å²) in [5.74, 6) is -0.0662. The fourth-order valence-electron chi connectivity index (χ4n) is 5.36. The first-order chi connectivity index (χ1) is 19.1. The summed E-state index contributed by atoms with van der Waals surface area (Å²) in [4.78, 5) is 30.5. The van der Waals surface area contributed by atoms with E-state index in [0.717, 1.165) is 55.5 Å². The van der Waals surface area contributed by atoms with E-state index < -0.39 is 0 Å². The molecule has 0 radical (unpaired) electrons. The zero-order valence-electron chi connectivity index (χ0n) is 21.5. The number of para-hydroxylation sites is 1. The Morgan fingerprint density at radius 2 is 1.92 bits per heavy atom. The van der Waals surface area contributed by atoms with E-state index in [1.54, 1.807) is 16.7 Å². The number of pyridine rings is 1. The normalized spacial score (nSPS) is 19.5. The summed E-state index contributed by atoms with van der Waals surface area (Å²) in [6, 6.07) is 20.2. The zero-order chi connectivity index (χ0) is 26.8. The van der Waals surface area contributed by atoms with Gasteiger partial charge in [-0.3, -0.25) is 14.2 Å². The van der Waals surface area contributed by atoms with Crippen molar-refractivity contribution >= 4 is 50.4 Å². The van der Waals surface area contributed by atoms with Crippen molar-refractivity contribution in [1.29, 1.82) is 0 Å². The van der Waals surface area contributed by atoms with Crippen molar-refractivity contribution in [2.75, 3.05) is 25.1 Å². The number of halogens is 1. The van der Waals surface area contributed by atoms with Crippen molar-refractivity contribution in [3.05, 3.63) is 87.0 Å². The molecule has 1 amide bonds. The van der Waals surface area contributed by atoms with Crippen molar-refractivity contribution in [3.8, 4) is 5.69 Å². The number of carbonyl (C=O) groups is 1. The maximum absolute atomic E-state index is 14.2. The first kappa shape index (κ1) is 26.1. The third kappa shape index (κ3) is 5.47. The highest BCUT2D eigenvalue weighted by molar-refractivity contribution is 7.21. The molecule has 202 valence electrons. The van der Waals surface area contributed by atoms with Crippen LogP contribution in [0.5, 0.6) is 0 Å². The molecule has 2 fully saturated rings. The van der Waals surface area contributed by atoms with E-state index in [9.17, 15) is 9.59 Å². The summed E-state index contributed by atoms with van der Waals surface area (Å²) in [5.41, 5.74) is 2.05. The van der Waals surface area contributed by atoms with E-state index in [4.69, 9.17) is 21.1 Å². The SMILES string of the molecule is O=C(c1sc2c(ccc(=O)n2-c2ccccc2)c1Nc1cccc(Cl)c1)N1CCC[C@@H]1COC1CCCCO1. The van der Waals surface area contributed by atoms with Crippen molar-refractivity contribution in [3.63, 3.8) is 0 Å². The lowest BCUT2D eigenvalue weighted by Crippen LogP contribution is -2.39. The van der Waals surface area contributed by atoms with Gasteiger partial charge in [0, 0.05) is 35.3 Å². The molecule has 2 aliphatic rings. The van der Waals surface area contributed by atoms with Gasteiger partial charge in [0.2, 0.25) is 0 Å². The average molecular weight is 564 g/mol. The van der Waals surface area contributed by atoms with Gasteiger partial charge in [-0.2, -0.15) is 0 Å². The van der Waals surface area contributed by atoms with Gasteiger partial charge in [0.1, 0.15) is 9.71 Å². The number of hydrogen-bond acceptors (Lipinski definition) is 6. The Bertz CT molecular complexity index is 1530. The van der Waals surface area contributed by atoms with Crippen LogP contribution in [0.25, 0.3) is 15.9 Å². The van der Waals surface area contributed by atoms with E-state index in [0.29, 0.717) is 33.6 Å². The van der Waals surface area contributed by atoms with Gasteiger partial charge in [-0.1, -0.05) is 35.9 Å². The third-order valence-corrected chi connectivity index (χ3v) is 8.71. The Kier molecular flexibility index (Phi) is 7.70. The molecule has 7 nitrogen and oxygen atoms in total. The molecule has 0 aliphatic carbocycles. The summed E-state index contributed by atoms with van der Waals surface area (Å²) in [6.07, 6.45) is 4.66. The number of anilines is 2. The van der Waals surface area contributed by atoms with Crippen LogP contribution in [0, 0.1) is 0 Å². The lowest BCUT2D eigenvalue weighted by molar-refractivity contribution is -0.168. The second-order valence-corrected chi connectivity index (χ2v) is 11.4. The molecule has 0 saturated carbocycles. The first-order valence-corrected chi connectivity index (χ1v) is 14.6. The largest absolute Gasteiger partial charge is 0.354 e. The number of benzene rings is 2. The predicted octanol–water partition coefficient (Wildman–Crippen LogP) is 6.60. The molecular weight excluding hydrogens is 534 g/mol. The second kappa shape index (κ2) is 11.5. The molecule has 0 bridgehead atoms. The van der Waals surface area contributed by atoms with Crippen molar-refractivity contribution in [1.82, 2.24) is 9.47 Å². The number of amides is 1. The number of hydrogen-bond donors (Lipinski definition) is 1. The van der Waals surface area contributed by atoms with Crippen LogP contribution in [0.4, 0.5) is 11.4 Å². The van der Waals surface area contributed by atoms with Crippen LogP contribution in [0.3, 0.4) is 0 Å². The minimum absolute atomic E-state index is 0.0245. The van der Waals surface area contributed by atoms with Crippen molar-refractivity contribution in [2.45, 2.75) is 44.4 Å². The highest BCUT2D eigenvalue weighted by Gasteiger charge is 2.34. The van der Waals surface area contributed by atoms with Gasteiger partial charge in [-0.05, 0) is 68.5 Å². The van der Waals surface area contributed by atoms with Gasteiger partial charge in [0.15, 0.2) is 6.29 Å². The summed E-state index contributed by atoms with van der Waals surface area (Å²) < 4.78 is 13.5. The number of rotatable bonds is 7. The molecule has 2 atom stereocenters. The highest BCUT2D eigenvalue weighted by atomic mass is 35.5. The summed E-state index contributed by atoms with van der Waals surface area (Å²) in [6.45, 7) is 1.84. The maximum atomic E-state index is 14.2. The quantitative estimate of drug-likeness (QED) is 0.274. The van der Waals surface area contributed by atoms with Crippen LogP contribution in [0.1, 0.15) is 41.8 Å². The predicted molar refractivity (Wildman–Crippen MR) is 156 cm³/mol. The van der Waals surface area contributed by atoms with Gasteiger partial charge in [-0.25, -0.2) is 0 Å². The van der Waals surface area contributed by atoms with Crippen LogP contribution < -0.4 is 10.9 Å². The number of thiophene rings is 1. The number of nitrogens with one attached hydrogen (secondary N) is 1. The fraction of sp³-hybridized carbons (Fsp3) is 0.333. The maximum Gasteiger partial charge on any atom is 0.266 e. The molecule has 1 N–H and O–H groups in total. The Morgan fingerprint density at radius 1 is 1.05 bits per heavy atom. The van der Waals surface area contributed by atoms with E-state index in [1.165, 1.54) is 11.3 Å². The molecular formula is C30H30ClN3O4S. The number of carbonyl (C=O) groups excluding carboxylic acids is 1. The number of likely N-dealkylation sites (tertiary alicyclic amines) is 1. The Hall–Kier alpha value is -3.17. The summed E-state index contributed by atoms with van der Waals surface area (Å²) in [7, 11) is 0. The minimum atomic E-state index is -0.194. The molecule has 2 aromatic carbocycles. The summed E-state index contributed by atoms with van der Waals surface area (Å²) >= 11 is 7.61. The number of nitrogens with zero attached hydrogens (tertiary/aromatic N) is 2. The van der Waals surface area contributed by atoms with Gasteiger partial charge < -0.3 is 19.7 Å². The van der Waals surface area contributed by atoms with E-state index >= 15 is 0 Å². The van der Waals surface area contributed by atoms with Gasteiger partial charge in [-0.15, -0.1) is 11.3 Å². The van der Waals surface area contributed by atoms with Gasteiger partial charge in [0.05, 0.1) is 24.0 Å². The molecule has 2 saturated heterocycles. The van der Waals surface area contributed by atoms with Crippen LogP contribution in [0.2, 0.25) is 5.02 Å². The zero-order valence-corrected chi connectivity index (χ0v) is 23.0. The van der Waals surface area contributed by atoms with Crippen molar-refractivity contribution in [2.24, 2.45) is 0 Å². The number of aromatic nitrogens is 1. The molecule has 6 rings (SSSR count). The molecule has 1 unspecified atom stereocenters. The van der Waals surface area contributed by atoms with Crippen LogP contribution in [-0.2, 0) is 9.47 Å². The molecule has 4 heterocycles. The standard InChI is InChI=1S/C30H30ClN3O4S/c31-20-8-6-9-21(18-20)32-27-24-14-15-25(35)34(22-10-2-1-3-11-22)30(24)39-28(27)29(36)33-16-7-12-23(33)19-38-26-13-4-5-17-37-26/h1-3,6,8-11,14-15,18,23,26,32H,4-5,7,12-13,16-17,19H2/t23-,26?/m1/s1. The molecule has 2 aliphatic heterocycles. The Morgan fingerprint density at radius 3 is 2.72 bits per heavy atom. The van der Waals surface area contributed by atoms with Crippen LogP contribution >= 0.6 is 22.9 Å². The molecule has 0 spiro atoms. The lowest BCUT2D eigenvalue weighted by atomic mass is 10.2. The fourth-order valence-corrected chi connectivity index (χ4v) is 6.77. The molecule has 39 heavy (non-hydrogen) atoms. The molecule has 2 aromatic heterocycles. The lowest BCUT2D eigenvalue weighted by Gasteiger charge is -2.28. The molecule has 4 aromatic rings. The smallest absolute Gasteiger partial charge is 0.266 e. The van der Waals surface area contributed by atoms with E-state index in [-0.39, 0.29) is 23.8 Å². The molecule has 9 heteroatoms. The average Bonchev–Trinajstić information content (AvgIpc) is 3.57. The van der Waals surface area contributed by atoms with Gasteiger partial charge in [0.25, 0.3) is 11.5 Å². The monoisotopic (exact) mass is 563 g/mol. The van der Waals surface area contributed by atoms with Crippen LogP contribution in [-0.4, -0.2) is 47.5 Å². The van der Waals surface area contributed by atoms with E-state index in [2.05, 4.69) is 5.32 Å². The summed E-state index contributed by atoms with van der Waals surface area (Å²) in [5, 5.41) is 4.84.